The molecule has 21 heavy (non-hydrogen) atoms. The molecule has 0 amide bonds. The third-order valence-corrected chi connectivity index (χ3v) is 4.52. The highest BCUT2D eigenvalue weighted by molar-refractivity contribution is 7.19. The van der Waals surface area contributed by atoms with Crippen LogP contribution in [0.4, 0.5) is 10.7 Å². The van der Waals surface area contributed by atoms with Gasteiger partial charge in [-0.15, -0.1) is 11.3 Å². The zero-order chi connectivity index (χ0) is 15.6. The first-order valence-corrected chi connectivity index (χ1v) is 7.86. The number of carbonyl (C=O) groups is 1. The quantitative estimate of drug-likeness (QED) is 0.825. The lowest BCUT2D eigenvalue weighted by Crippen LogP contribution is -2.38. The molecule has 118 valence electrons. The topological polar surface area (TPSA) is 85.0 Å². The van der Waals surface area contributed by atoms with Crippen LogP contribution in [0.25, 0.3) is 0 Å². The van der Waals surface area contributed by atoms with Crippen LogP contribution >= 0.6 is 11.3 Å². The summed E-state index contributed by atoms with van der Waals surface area (Å²) in [6, 6.07) is 0. The summed E-state index contributed by atoms with van der Waals surface area (Å²) in [7, 11) is 1.33. The minimum absolute atomic E-state index is 0.0548. The number of aliphatic hydroxyl groups is 1. The fraction of sp³-hybridized carbons (Fsp3) is 0.643. The van der Waals surface area contributed by atoms with Gasteiger partial charge in [-0.2, -0.15) is 0 Å². The lowest BCUT2D eigenvalue weighted by atomic mass is 10.1. The molecule has 1 atom stereocenters. The Labute approximate surface area is 128 Å². The van der Waals surface area contributed by atoms with Crippen molar-refractivity contribution in [3.05, 3.63) is 4.88 Å². The van der Waals surface area contributed by atoms with Crippen molar-refractivity contribution in [1.29, 1.82) is 0 Å². The van der Waals surface area contributed by atoms with Crippen LogP contribution in [0.5, 0.6) is 5.75 Å². The van der Waals surface area contributed by atoms with Crippen molar-refractivity contribution in [2.45, 2.75) is 38.9 Å². The van der Waals surface area contributed by atoms with E-state index in [1.807, 2.05) is 18.7 Å². The second-order valence-corrected chi connectivity index (χ2v) is 6.38. The number of nitrogen functional groups attached to an aromatic ring is 1. The van der Waals surface area contributed by atoms with Gasteiger partial charge < -0.3 is 25.2 Å². The first-order chi connectivity index (χ1) is 9.93. The van der Waals surface area contributed by atoms with Crippen LogP contribution in [0.1, 0.15) is 36.4 Å². The summed E-state index contributed by atoms with van der Waals surface area (Å²) < 4.78 is 10.6. The Kier molecular flexibility index (Phi) is 4.95. The molecular weight excluding hydrogens is 292 g/mol. The highest BCUT2D eigenvalue weighted by atomic mass is 32.1. The van der Waals surface area contributed by atoms with E-state index < -0.39 is 5.97 Å². The Morgan fingerprint density at radius 2 is 2.24 bits per heavy atom. The largest absolute Gasteiger partial charge is 0.486 e. The lowest BCUT2D eigenvalue weighted by molar-refractivity contribution is 0.0607. The van der Waals surface area contributed by atoms with Gasteiger partial charge in [0.2, 0.25) is 0 Å². The van der Waals surface area contributed by atoms with Crippen LogP contribution in [0.3, 0.4) is 0 Å². The van der Waals surface area contributed by atoms with Crippen LogP contribution in [0, 0.1) is 0 Å². The molecule has 1 aromatic heterocycles. The second-order valence-electron chi connectivity index (χ2n) is 5.38. The number of esters is 1. The van der Waals surface area contributed by atoms with E-state index in [1.54, 1.807) is 0 Å². The van der Waals surface area contributed by atoms with E-state index in [9.17, 15) is 9.90 Å². The molecule has 0 bridgehead atoms. The number of methoxy groups -OCH3 is 1. The molecule has 2 rings (SSSR count). The third-order valence-electron chi connectivity index (χ3n) is 3.29. The van der Waals surface area contributed by atoms with Gasteiger partial charge in [-0.3, -0.25) is 0 Å². The van der Waals surface area contributed by atoms with Gasteiger partial charge in [-0.25, -0.2) is 4.79 Å². The number of aliphatic hydroxyl groups excluding tert-OH is 1. The standard InChI is InChI=1S/C14H22N2O4S/c1-8(2)20-11-10(15)12(14(18)19-3)21-13(11)16-6-4-5-9(17)7-16/h8-9,17H,4-7,15H2,1-3H3. The van der Waals surface area contributed by atoms with E-state index in [2.05, 4.69) is 0 Å². The molecule has 7 heteroatoms. The highest BCUT2D eigenvalue weighted by Crippen LogP contribution is 2.46. The molecule has 1 fully saturated rings. The molecule has 2 heterocycles. The molecule has 0 spiro atoms. The fourth-order valence-electron chi connectivity index (χ4n) is 2.36. The molecule has 0 aliphatic carbocycles. The SMILES string of the molecule is COC(=O)c1sc(N2CCCC(O)C2)c(OC(C)C)c1N. The molecule has 0 aromatic carbocycles. The molecule has 1 saturated heterocycles. The number of nitrogens with two attached hydrogens (primary N) is 1. The van der Waals surface area contributed by atoms with Gasteiger partial charge in [-0.05, 0) is 26.7 Å². The average Bonchev–Trinajstić information content (AvgIpc) is 2.75. The molecule has 0 radical (unpaired) electrons. The summed E-state index contributed by atoms with van der Waals surface area (Å²) >= 11 is 1.26. The number of nitrogens with zero attached hydrogens (tertiary/aromatic N) is 1. The molecule has 3 N–H and O–H groups in total. The number of ether oxygens (including phenoxy) is 2. The first-order valence-electron chi connectivity index (χ1n) is 7.04. The first kappa shape index (κ1) is 15.9. The molecule has 6 nitrogen and oxygen atoms in total. The number of hydrogen-bond donors (Lipinski definition) is 2. The number of piperidine rings is 1. The maximum atomic E-state index is 11.8. The van der Waals surface area contributed by atoms with Gasteiger partial charge in [0.1, 0.15) is 15.6 Å². The zero-order valence-corrected chi connectivity index (χ0v) is 13.4. The summed E-state index contributed by atoms with van der Waals surface area (Å²) in [5.41, 5.74) is 6.38. The Morgan fingerprint density at radius 3 is 2.81 bits per heavy atom. The van der Waals surface area contributed by atoms with Crippen LogP contribution in [0.2, 0.25) is 0 Å². The van der Waals surface area contributed by atoms with Crippen molar-refractivity contribution in [3.63, 3.8) is 0 Å². The summed E-state index contributed by atoms with van der Waals surface area (Å²) in [4.78, 5) is 14.2. The van der Waals surface area contributed by atoms with Crippen LogP contribution < -0.4 is 15.4 Å². The van der Waals surface area contributed by atoms with E-state index in [-0.39, 0.29) is 12.2 Å². The monoisotopic (exact) mass is 314 g/mol. The van der Waals surface area contributed by atoms with Crippen molar-refractivity contribution in [2.24, 2.45) is 0 Å². The fourth-order valence-corrected chi connectivity index (χ4v) is 3.47. The van der Waals surface area contributed by atoms with E-state index in [4.69, 9.17) is 15.2 Å². The van der Waals surface area contributed by atoms with Gasteiger partial charge >= 0.3 is 5.97 Å². The number of rotatable bonds is 4. The number of thiophene rings is 1. The Bertz CT molecular complexity index is 515. The maximum absolute atomic E-state index is 11.8. The number of hydrogen-bond acceptors (Lipinski definition) is 7. The van der Waals surface area contributed by atoms with E-state index in [0.717, 1.165) is 24.4 Å². The van der Waals surface area contributed by atoms with Crippen molar-refractivity contribution in [1.82, 2.24) is 0 Å². The summed E-state index contributed by atoms with van der Waals surface area (Å²) in [6.07, 6.45) is 1.27. The number of carbonyl (C=O) groups excluding carboxylic acids is 1. The second kappa shape index (κ2) is 6.53. The van der Waals surface area contributed by atoms with Crippen LogP contribution in [0.15, 0.2) is 0 Å². The van der Waals surface area contributed by atoms with Gasteiger partial charge in [0, 0.05) is 13.1 Å². The average molecular weight is 314 g/mol. The molecule has 1 unspecified atom stereocenters. The smallest absolute Gasteiger partial charge is 0.350 e. The number of anilines is 2. The van der Waals surface area contributed by atoms with Crippen molar-refractivity contribution in [3.8, 4) is 5.75 Å². The van der Waals surface area contributed by atoms with E-state index in [0.29, 0.717) is 22.9 Å². The molecule has 1 aliphatic heterocycles. The van der Waals surface area contributed by atoms with Crippen molar-refractivity contribution < 1.29 is 19.4 Å². The highest BCUT2D eigenvalue weighted by Gasteiger charge is 2.29. The van der Waals surface area contributed by atoms with E-state index >= 15 is 0 Å². The third kappa shape index (κ3) is 3.41. The van der Waals surface area contributed by atoms with Gasteiger partial charge in [-0.1, -0.05) is 0 Å². The summed E-state index contributed by atoms with van der Waals surface area (Å²) in [5.74, 6) is 0.0550. The Morgan fingerprint density at radius 1 is 1.52 bits per heavy atom. The predicted molar refractivity (Wildman–Crippen MR) is 83.3 cm³/mol. The maximum Gasteiger partial charge on any atom is 0.350 e. The zero-order valence-electron chi connectivity index (χ0n) is 12.6. The molecule has 0 saturated carbocycles. The van der Waals surface area contributed by atoms with E-state index in [1.165, 1.54) is 18.4 Å². The van der Waals surface area contributed by atoms with Crippen molar-refractivity contribution in [2.75, 3.05) is 30.8 Å². The Hall–Kier alpha value is -1.47. The van der Waals surface area contributed by atoms with Gasteiger partial charge in [0.15, 0.2) is 5.75 Å². The minimum Gasteiger partial charge on any atom is -0.486 e. The van der Waals surface area contributed by atoms with Gasteiger partial charge in [0.25, 0.3) is 0 Å². The molecule has 1 aliphatic rings. The predicted octanol–water partition coefficient (Wildman–Crippen LogP) is 1.87. The Balaban J connectivity index is 2.39. The minimum atomic E-state index is -0.463. The van der Waals surface area contributed by atoms with Crippen LogP contribution in [-0.4, -0.2) is 43.5 Å². The number of β-amino-alcohol motifs (C(OH)–C–C–N with tert-alkyl or cyclic N) is 1. The molecule has 1 aromatic rings. The molecular formula is C14H22N2O4S. The van der Waals surface area contributed by atoms with Crippen LogP contribution in [-0.2, 0) is 4.74 Å². The summed E-state index contributed by atoms with van der Waals surface area (Å²) in [5, 5.41) is 10.6. The lowest BCUT2D eigenvalue weighted by Gasteiger charge is -2.31. The normalized spacial score (nSPS) is 18.9. The van der Waals surface area contributed by atoms with Gasteiger partial charge in [0.05, 0.1) is 19.3 Å². The van der Waals surface area contributed by atoms with Crippen molar-refractivity contribution >= 4 is 28.0 Å². The summed E-state index contributed by atoms with van der Waals surface area (Å²) in [6.45, 7) is 5.15.